The Kier molecular flexibility index (Phi) is 7.91. The van der Waals surface area contributed by atoms with Gasteiger partial charge in [0.25, 0.3) is 5.91 Å². The monoisotopic (exact) mass is 341 g/mol. The summed E-state index contributed by atoms with van der Waals surface area (Å²) in [6.07, 6.45) is 2.07. The molecule has 0 bridgehead atoms. The lowest BCUT2D eigenvalue weighted by atomic mass is 10.2. The van der Waals surface area contributed by atoms with Gasteiger partial charge < -0.3 is 16.4 Å². The first-order chi connectivity index (χ1) is 9.63. The summed E-state index contributed by atoms with van der Waals surface area (Å²) in [6.45, 7) is 1.60. The first-order valence-electron chi connectivity index (χ1n) is 6.64. The van der Waals surface area contributed by atoms with Crippen molar-refractivity contribution < 1.29 is 9.59 Å². The molecule has 2 amide bonds. The number of carbonyl (C=O) groups excluding carboxylic acids is 2. The van der Waals surface area contributed by atoms with E-state index in [9.17, 15) is 9.59 Å². The molecule has 0 heterocycles. The highest BCUT2D eigenvalue weighted by Crippen LogP contribution is 2.10. The van der Waals surface area contributed by atoms with Crippen LogP contribution >= 0.6 is 15.9 Å². The predicted octanol–water partition coefficient (Wildman–Crippen LogP) is 1.42. The van der Waals surface area contributed by atoms with Gasteiger partial charge in [-0.1, -0.05) is 15.9 Å². The van der Waals surface area contributed by atoms with E-state index >= 15 is 0 Å². The number of rotatable bonds is 8. The van der Waals surface area contributed by atoms with E-state index in [4.69, 9.17) is 5.73 Å². The first-order valence-corrected chi connectivity index (χ1v) is 7.43. The molecule has 1 aromatic rings. The third kappa shape index (κ3) is 6.68. The molecule has 5 nitrogen and oxygen atoms in total. The standard InChI is InChI=1S/C14H20BrN3O2/c15-12-5-3-11(4-6-12)14(20)18-10-7-13(19)17-9-2-1-8-16/h3-6H,1-2,7-10,16H2,(H,17,19)(H,18,20). The zero-order chi connectivity index (χ0) is 14.8. The summed E-state index contributed by atoms with van der Waals surface area (Å²) in [5.41, 5.74) is 5.94. The van der Waals surface area contributed by atoms with Crippen LogP contribution < -0.4 is 16.4 Å². The van der Waals surface area contributed by atoms with Crippen LogP contribution in [0.25, 0.3) is 0 Å². The van der Waals surface area contributed by atoms with Crippen molar-refractivity contribution in [3.8, 4) is 0 Å². The quantitative estimate of drug-likeness (QED) is 0.625. The Morgan fingerprint density at radius 1 is 1.05 bits per heavy atom. The van der Waals surface area contributed by atoms with Gasteiger partial charge in [-0.25, -0.2) is 0 Å². The highest BCUT2D eigenvalue weighted by atomic mass is 79.9. The predicted molar refractivity (Wildman–Crippen MR) is 82.4 cm³/mol. The van der Waals surface area contributed by atoms with Crippen molar-refractivity contribution in [1.29, 1.82) is 0 Å². The van der Waals surface area contributed by atoms with Gasteiger partial charge in [0.2, 0.25) is 5.91 Å². The fourth-order valence-electron chi connectivity index (χ4n) is 1.58. The molecule has 110 valence electrons. The number of amides is 2. The smallest absolute Gasteiger partial charge is 0.251 e. The molecule has 0 aliphatic carbocycles. The molecule has 4 N–H and O–H groups in total. The van der Waals surface area contributed by atoms with Gasteiger partial charge in [0.1, 0.15) is 0 Å². The average molecular weight is 342 g/mol. The van der Waals surface area contributed by atoms with Crippen molar-refractivity contribution in [3.63, 3.8) is 0 Å². The number of unbranched alkanes of at least 4 members (excludes halogenated alkanes) is 1. The van der Waals surface area contributed by atoms with Crippen LogP contribution in [-0.4, -0.2) is 31.4 Å². The second kappa shape index (κ2) is 9.50. The van der Waals surface area contributed by atoms with Crippen LogP contribution in [-0.2, 0) is 4.79 Å². The topological polar surface area (TPSA) is 84.2 Å². The molecule has 0 atom stereocenters. The Balaban J connectivity index is 2.18. The number of carbonyl (C=O) groups is 2. The number of hydrogen-bond acceptors (Lipinski definition) is 3. The molecule has 1 rings (SSSR count). The molecule has 0 unspecified atom stereocenters. The SMILES string of the molecule is NCCCCNC(=O)CCNC(=O)c1ccc(Br)cc1. The normalized spacial score (nSPS) is 10.1. The van der Waals surface area contributed by atoms with Gasteiger partial charge in [-0.3, -0.25) is 9.59 Å². The Morgan fingerprint density at radius 3 is 2.40 bits per heavy atom. The van der Waals surface area contributed by atoms with Crippen molar-refractivity contribution >= 4 is 27.7 Å². The van der Waals surface area contributed by atoms with Crippen LogP contribution in [0.4, 0.5) is 0 Å². The fraction of sp³-hybridized carbons (Fsp3) is 0.429. The number of hydrogen-bond donors (Lipinski definition) is 3. The van der Waals surface area contributed by atoms with Gasteiger partial charge in [-0.15, -0.1) is 0 Å². The van der Waals surface area contributed by atoms with Crippen molar-refractivity contribution in [1.82, 2.24) is 10.6 Å². The summed E-state index contributed by atoms with van der Waals surface area (Å²) in [5.74, 6) is -0.230. The van der Waals surface area contributed by atoms with E-state index in [-0.39, 0.29) is 18.2 Å². The largest absolute Gasteiger partial charge is 0.356 e. The minimum atomic E-state index is -0.173. The summed E-state index contributed by atoms with van der Waals surface area (Å²) < 4.78 is 0.922. The molecule has 0 saturated carbocycles. The zero-order valence-corrected chi connectivity index (χ0v) is 12.9. The van der Waals surface area contributed by atoms with Crippen molar-refractivity contribution in [2.24, 2.45) is 5.73 Å². The maximum absolute atomic E-state index is 11.8. The van der Waals surface area contributed by atoms with Crippen LogP contribution in [0.2, 0.25) is 0 Å². The molecule has 0 aliphatic heterocycles. The van der Waals surface area contributed by atoms with Crippen molar-refractivity contribution in [2.75, 3.05) is 19.6 Å². The van der Waals surface area contributed by atoms with Crippen molar-refractivity contribution in [2.45, 2.75) is 19.3 Å². The van der Waals surface area contributed by atoms with E-state index in [0.29, 0.717) is 25.2 Å². The average Bonchev–Trinajstić information content (AvgIpc) is 2.44. The molecule has 0 radical (unpaired) electrons. The molecule has 1 aromatic carbocycles. The molecule has 6 heteroatoms. The lowest BCUT2D eigenvalue weighted by molar-refractivity contribution is -0.120. The van der Waals surface area contributed by atoms with Gasteiger partial charge >= 0.3 is 0 Å². The van der Waals surface area contributed by atoms with Gasteiger partial charge in [-0.2, -0.15) is 0 Å². The van der Waals surface area contributed by atoms with E-state index in [1.165, 1.54) is 0 Å². The number of benzene rings is 1. The second-order valence-electron chi connectivity index (χ2n) is 4.36. The van der Waals surface area contributed by atoms with Crippen LogP contribution in [0, 0.1) is 0 Å². The lowest BCUT2D eigenvalue weighted by Gasteiger charge is -2.06. The summed E-state index contributed by atoms with van der Waals surface area (Å²) in [5, 5.41) is 5.50. The van der Waals surface area contributed by atoms with Gasteiger partial charge in [-0.05, 0) is 43.7 Å². The number of nitrogens with one attached hydrogen (secondary N) is 2. The molecule has 0 aromatic heterocycles. The highest BCUT2D eigenvalue weighted by Gasteiger charge is 2.06. The maximum atomic E-state index is 11.8. The Bertz CT molecular complexity index is 435. The number of halogens is 1. The summed E-state index contributed by atoms with van der Waals surface area (Å²) in [7, 11) is 0. The Hall–Kier alpha value is -1.40. The highest BCUT2D eigenvalue weighted by molar-refractivity contribution is 9.10. The van der Waals surface area contributed by atoms with Gasteiger partial charge in [0, 0.05) is 29.5 Å². The summed E-state index contributed by atoms with van der Waals surface area (Å²) in [4.78, 5) is 23.2. The van der Waals surface area contributed by atoms with Gasteiger partial charge in [0.15, 0.2) is 0 Å². The minimum Gasteiger partial charge on any atom is -0.356 e. The molecular formula is C14H20BrN3O2. The third-order valence-corrected chi connectivity index (χ3v) is 3.23. The van der Waals surface area contributed by atoms with E-state index in [2.05, 4.69) is 26.6 Å². The number of nitrogens with two attached hydrogens (primary N) is 1. The molecular weight excluding hydrogens is 322 g/mol. The molecule has 0 aliphatic rings. The molecule has 20 heavy (non-hydrogen) atoms. The fourth-order valence-corrected chi connectivity index (χ4v) is 1.84. The van der Waals surface area contributed by atoms with Gasteiger partial charge in [0.05, 0.1) is 0 Å². The molecule has 0 spiro atoms. The van der Waals surface area contributed by atoms with Crippen LogP contribution in [0.3, 0.4) is 0 Å². The second-order valence-corrected chi connectivity index (χ2v) is 5.27. The van der Waals surface area contributed by atoms with Crippen LogP contribution in [0.15, 0.2) is 28.7 Å². The van der Waals surface area contributed by atoms with E-state index in [0.717, 1.165) is 17.3 Å². The Morgan fingerprint density at radius 2 is 1.75 bits per heavy atom. The maximum Gasteiger partial charge on any atom is 0.251 e. The van der Waals surface area contributed by atoms with E-state index in [1.54, 1.807) is 24.3 Å². The first kappa shape index (κ1) is 16.7. The summed E-state index contributed by atoms with van der Waals surface area (Å²) in [6, 6.07) is 7.07. The zero-order valence-electron chi connectivity index (χ0n) is 11.3. The molecule has 0 fully saturated rings. The Labute approximate surface area is 127 Å². The van der Waals surface area contributed by atoms with Crippen molar-refractivity contribution in [3.05, 3.63) is 34.3 Å². The third-order valence-electron chi connectivity index (χ3n) is 2.70. The van der Waals surface area contributed by atoms with Crippen LogP contribution in [0.1, 0.15) is 29.6 Å². The lowest BCUT2D eigenvalue weighted by Crippen LogP contribution is -2.31. The summed E-state index contributed by atoms with van der Waals surface area (Å²) >= 11 is 3.31. The van der Waals surface area contributed by atoms with E-state index < -0.39 is 0 Å². The molecule has 0 saturated heterocycles. The van der Waals surface area contributed by atoms with E-state index in [1.807, 2.05) is 0 Å². The minimum absolute atomic E-state index is 0.0573. The van der Waals surface area contributed by atoms with Crippen LogP contribution in [0.5, 0.6) is 0 Å².